The number of nitrogens with one attached hydrogen (secondary N) is 1. The Morgan fingerprint density at radius 1 is 1.08 bits per heavy atom. The van der Waals surface area contributed by atoms with Crippen LogP contribution >= 0.6 is 12.4 Å². The van der Waals surface area contributed by atoms with Gasteiger partial charge in [-0.1, -0.05) is 24.3 Å². The Hall–Kier alpha value is -2.24. The van der Waals surface area contributed by atoms with Gasteiger partial charge in [0.2, 0.25) is 5.91 Å². The van der Waals surface area contributed by atoms with Crippen molar-refractivity contribution >= 4 is 29.7 Å². The van der Waals surface area contributed by atoms with Gasteiger partial charge in [0.15, 0.2) is 0 Å². The highest BCUT2D eigenvalue weighted by atomic mass is 35.5. The first kappa shape index (κ1) is 20.8. The topological polar surface area (TPSA) is 73.6 Å². The Bertz CT molecular complexity index is 647. The minimum absolute atomic E-state index is 0. The van der Waals surface area contributed by atoms with Crippen LogP contribution in [0.4, 0.5) is 11.4 Å². The van der Waals surface area contributed by atoms with Crippen LogP contribution in [0.1, 0.15) is 18.4 Å². The zero-order chi connectivity index (χ0) is 17.2. The molecule has 1 amide bonds. The van der Waals surface area contributed by atoms with Crippen molar-refractivity contribution in [1.29, 1.82) is 0 Å². The summed E-state index contributed by atoms with van der Waals surface area (Å²) in [6.07, 6.45) is 1.92. The lowest BCUT2D eigenvalue weighted by Crippen LogP contribution is -2.13. The molecule has 0 aromatic heterocycles. The molecule has 0 unspecified atom stereocenters. The number of hydrogen-bond donors (Lipinski definition) is 2. The molecule has 0 spiro atoms. The number of hydrogen-bond acceptors (Lipinski definition) is 4. The molecule has 136 valence electrons. The van der Waals surface area contributed by atoms with E-state index in [4.69, 9.17) is 15.2 Å². The molecule has 0 aliphatic carbocycles. The number of rotatable bonds is 9. The van der Waals surface area contributed by atoms with Crippen LogP contribution in [-0.4, -0.2) is 26.2 Å². The van der Waals surface area contributed by atoms with Crippen LogP contribution in [0.3, 0.4) is 0 Å². The van der Waals surface area contributed by atoms with Crippen molar-refractivity contribution in [2.45, 2.75) is 19.3 Å². The number of carbonyl (C=O) groups is 1. The van der Waals surface area contributed by atoms with E-state index < -0.39 is 0 Å². The van der Waals surface area contributed by atoms with Gasteiger partial charge in [-0.05, 0) is 42.7 Å². The van der Waals surface area contributed by atoms with Gasteiger partial charge in [0.25, 0.3) is 0 Å². The van der Waals surface area contributed by atoms with E-state index in [2.05, 4.69) is 5.32 Å². The molecule has 2 aromatic rings. The number of amides is 1. The number of methoxy groups -OCH3 is 1. The van der Waals surface area contributed by atoms with Gasteiger partial charge in [-0.2, -0.15) is 0 Å². The number of benzene rings is 2. The Kier molecular flexibility index (Phi) is 9.43. The molecule has 0 atom stereocenters. The van der Waals surface area contributed by atoms with Crippen LogP contribution < -0.4 is 15.8 Å². The van der Waals surface area contributed by atoms with Gasteiger partial charge in [0.05, 0.1) is 24.6 Å². The second-order valence-electron chi connectivity index (χ2n) is 5.47. The number of carbonyl (C=O) groups excluding carboxylic acids is 1. The fourth-order valence-electron chi connectivity index (χ4n) is 2.22. The monoisotopic (exact) mass is 364 g/mol. The molecule has 0 bridgehead atoms. The molecule has 0 radical (unpaired) electrons. The quantitative estimate of drug-likeness (QED) is 0.526. The molecule has 0 saturated carbocycles. The number of ether oxygens (including phenoxy) is 2. The zero-order valence-electron chi connectivity index (χ0n) is 14.4. The fraction of sp³-hybridized carbons (Fsp3) is 0.316. The molecular weight excluding hydrogens is 340 g/mol. The van der Waals surface area contributed by atoms with E-state index in [9.17, 15) is 4.79 Å². The molecule has 0 aliphatic rings. The highest BCUT2D eigenvalue weighted by Crippen LogP contribution is 2.17. The molecule has 5 nitrogen and oxygen atoms in total. The van der Waals surface area contributed by atoms with Crippen LogP contribution in [0.5, 0.6) is 5.75 Å². The minimum Gasteiger partial charge on any atom is -0.494 e. The van der Waals surface area contributed by atoms with E-state index in [0.29, 0.717) is 37.4 Å². The zero-order valence-corrected chi connectivity index (χ0v) is 15.2. The first-order chi connectivity index (χ1) is 11.7. The van der Waals surface area contributed by atoms with Gasteiger partial charge in [-0.15, -0.1) is 12.4 Å². The average Bonchev–Trinajstić information content (AvgIpc) is 2.60. The standard InChI is InChI=1S/C19H24N2O3.ClH/c1-23-14-12-15-8-10-16(11-9-15)24-13-4-7-19(22)21-18-6-3-2-5-17(18)20;/h2-3,5-6,8-11H,4,7,12-14,20H2,1H3,(H,21,22);1H. The lowest BCUT2D eigenvalue weighted by Gasteiger charge is -2.09. The van der Waals surface area contributed by atoms with Gasteiger partial charge in [0.1, 0.15) is 5.75 Å². The van der Waals surface area contributed by atoms with E-state index in [1.807, 2.05) is 36.4 Å². The number of nitrogen functional groups attached to an aromatic ring is 1. The highest BCUT2D eigenvalue weighted by Gasteiger charge is 2.05. The van der Waals surface area contributed by atoms with Crippen molar-refractivity contribution in [1.82, 2.24) is 0 Å². The third kappa shape index (κ3) is 7.45. The first-order valence-corrected chi connectivity index (χ1v) is 8.04. The normalized spacial score (nSPS) is 9.96. The van der Waals surface area contributed by atoms with E-state index in [0.717, 1.165) is 12.2 Å². The molecule has 0 heterocycles. The molecule has 6 heteroatoms. The molecule has 25 heavy (non-hydrogen) atoms. The predicted octanol–water partition coefficient (Wildman–Crippen LogP) is 3.68. The number of para-hydroxylation sites is 2. The molecule has 3 N–H and O–H groups in total. The Labute approximate surface area is 154 Å². The maximum Gasteiger partial charge on any atom is 0.224 e. The Morgan fingerprint density at radius 2 is 1.80 bits per heavy atom. The van der Waals surface area contributed by atoms with Gasteiger partial charge in [-0.3, -0.25) is 4.79 Å². The molecule has 0 aliphatic heterocycles. The summed E-state index contributed by atoms with van der Waals surface area (Å²) in [6, 6.07) is 15.2. The molecule has 2 aromatic carbocycles. The summed E-state index contributed by atoms with van der Waals surface area (Å²) >= 11 is 0. The van der Waals surface area contributed by atoms with E-state index in [1.165, 1.54) is 5.56 Å². The van der Waals surface area contributed by atoms with Crippen LogP contribution in [0, 0.1) is 0 Å². The SMILES string of the molecule is COCCc1ccc(OCCCC(=O)Nc2ccccc2N)cc1.Cl. The summed E-state index contributed by atoms with van der Waals surface area (Å²) < 4.78 is 10.7. The summed E-state index contributed by atoms with van der Waals surface area (Å²) in [5.41, 5.74) is 8.22. The van der Waals surface area contributed by atoms with Crippen molar-refractivity contribution in [2.75, 3.05) is 31.4 Å². The largest absolute Gasteiger partial charge is 0.494 e. The molecule has 0 saturated heterocycles. The van der Waals surface area contributed by atoms with Crippen LogP contribution in [0.2, 0.25) is 0 Å². The van der Waals surface area contributed by atoms with Gasteiger partial charge in [-0.25, -0.2) is 0 Å². The third-order valence-electron chi connectivity index (χ3n) is 3.57. The Balaban J connectivity index is 0.00000312. The van der Waals surface area contributed by atoms with Gasteiger partial charge >= 0.3 is 0 Å². The first-order valence-electron chi connectivity index (χ1n) is 8.04. The smallest absolute Gasteiger partial charge is 0.224 e. The van der Waals surface area contributed by atoms with Crippen LogP contribution in [0.25, 0.3) is 0 Å². The maximum absolute atomic E-state index is 11.9. The summed E-state index contributed by atoms with van der Waals surface area (Å²) in [4.78, 5) is 11.9. The average molecular weight is 365 g/mol. The van der Waals surface area contributed by atoms with Crippen LogP contribution in [-0.2, 0) is 16.0 Å². The van der Waals surface area contributed by atoms with E-state index in [-0.39, 0.29) is 18.3 Å². The highest BCUT2D eigenvalue weighted by molar-refractivity contribution is 5.93. The minimum atomic E-state index is -0.0635. The predicted molar refractivity (Wildman–Crippen MR) is 103 cm³/mol. The summed E-state index contributed by atoms with van der Waals surface area (Å²) in [5.74, 6) is 0.746. The molecular formula is C19H25ClN2O3. The maximum atomic E-state index is 11.9. The summed E-state index contributed by atoms with van der Waals surface area (Å²) in [5, 5.41) is 2.80. The van der Waals surface area contributed by atoms with E-state index >= 15 is 0 Å². The van der Waals surface area contributed by atoms with E-state index in [1.54, 1.807) is 19.2 Å². The lowest BCUT2D eigenvalue weighted by atomic mass is 10.1. The summed E-state index contributed by atoms with van der Waals surface area (Å²) in [7, 11) is 1.69. The second kappa shape index (κ2) is 11.3. The van der Waals surface area contributed by atoms with Crippen molar-refractivity contribution in [3.8, 4) is 5.75 Å². The third-order valence-corrected chi connectivity index (χ3v) is 3.57. The van der Waals surface area contributed by atoms with Gasteiger partial charge in [0, 0.05) is 13.5 Å². The Morgan fingerprint density at radius 3 is 2.48 bits per heavy atom. The second-order valence-corrected chi connectivity index (χ2v) is 5.47. The van der Waals surface area contributed by atoms with Crippen molar-refractivity contribution in [3.05, 3.63) is 54.1 Å². The lowest BCUT2D eigenvalue weighted by molar-refractivity contribution is -0.116. The van der Waals surface area contributed by atoms with Crippen molar-refractivity contribution in [3.63, 3.8) is 0 Å². The molecule has 2 rings (SSSR count). The fourth-order valence-corrected chi connectivity index (χ4v) is 2.22. The summed E-state index contributed by atoms with van der Waals surface area (Å²) in [6.45, 7) is 1.20. The van der Waals surface area contributed by atoms with Gasteiger partial charge < -0.3 is 20.5 Å². The molecule has 0 fully saturated rings. The van der Waals surface area contributed by atoms with Crippen LogP contribution in [0.15, 0.2) is 48.5 Å². The number of nitrogens with two attached hydrogens (primary N) is 1. The van der Waals surface area contributed by atoms with Crippen molar-refractivity contribution in [2.24, 2.45) is 0 Å². The van der Waals surface area contributed by atoms with Crippen molar-refractivity contribution < 1.29 is 14.3 Å². The number of anilines is 2. The number of halogens is 1.